The first kappa shape index (κ1) is 11.0. The fraction of sp³-hybridized carbons (Fsp3) is 0.400. The van der Waals surface area contributed by atoms with Crippen LogP contribution in [0.4, 0.5) is 5.82 Å². The zero-order chi connectivity index (χ0) is 10.7. The second-order valence-corrected chi connectivity index (χ2v) is 3.80. The molecule has 0 bridgehead atoms. The van der Waals surface area contributed by atoms with Gasteiger partial charge in [0.05, 0.1) is 0 Å². The van der Waals surface area contributed by atoms with Crippen molar-refractivity contribution in [1.29, 1.82) is 0 Å². The van der Waals surface area contributed by atoms with Crippen molar-refractivity contribution in [2.24, 2.45) is 0 Å². The van der Waals surface area contributed by atoms with Gasteiger partial charge in [0, 0.05) is 19.7 Å². The summed E-state index contributed by atoms with van der Waals surface area (Å²) in [6.07, 6.45) is 0. The second-order valence-electron chi connectivity index (χ2n) is 3.41. The van der Waals surface area contributed by atoms with E-state index in [4.69, 9.17) is 11.6 Å². The molecule has 0 spiro atoms. The molecule has 0 saturated heterocycles. The summed E-state index contributed by atoms with van der Waals surface area (Å²) >= 11 is 5.83. The number of anilines is 1. The molecular weight excluding hydrogens is 198 g/mol. The van der Waals surface area contributed by atoms with Crippen LogP contribution in [0.1, 0.15) is 12.7 Å². The van der Waals surface area contributed by atoms with E-state index in [-0.39, 0.29) is 0 Å². The summed E-state index contributed by atoms with van der Waals surface area (Å²) in [4.78, 5) is 10.3. The van der Waals surface area contributed by atoms with Crippen molar-refractivity contribution >= 4 is 17.4 Å². The van der Waals surface area contributed by atoms with Crippen LogP contribution < -0.4 is 4.90 Å². The van der Waals surface area contributed by atoms with Crippen LogP contribution in [-0.2, 0) is 0 Å². The van der Waals surface area contributed by atoms with Crippen molar-refractivity contribution in [2.75, 3.05) is 18.5 Å². The molecule has 0 N–H and O–H groups in total. The third-order valence-electron chi connectivity index (χ3n) is 1.69. The highest BCUT2D eigenvalue weighted by molar-refractivity contribution is 6.29. The van der Waals surface area contributed by atoms with Crippen molar-refractivity contribution in [3.8, 4) is 0 Å². The van der Waals surface area contributed by atoms with Gasteiger partial charge in [0.2, 0.25) is 0 Å². The molecule has 0 unspecified atom stereocenters. The first-order chi connectivity index (χ1) is 6.49. The fourth-order valence-electron chi connectivity index (χ4n) is 1.20. The monoisotopic (exact) mass is 211 g/mol. The molecule has 0 aliphatic rings. The van der Waals surface area contributed by atoms with Gasteiger partial charge in [-0.15, -0.1) is 0 Å². The molecular formula is C10H14ClN3. The van der Waals surface area contributed by atoms with Crippen LogP contribution in [0.5, 0.6) is 0 Å². The lowest BCUT2D eigenvalue weighted by Crippen LogP contribution is -2.20. The van der Waals surface area contributed by atoms with Crippen LogP contribution in [0.3, 0.4) is 0 Å². The first-order valence-corrected chi connectivity index (χ1v) is 4.73. The lowest BCUT2D eigenvalue weighted by molar-refractivity contribution is 0.924. The summed E-state index contributed by atoms with van der Waals surface area (Å²) < 4.78 is 0. The summed E-state index contributed by atoms with van der Waals surface area (Å²) in [5.74, 6) is 1.51. The van der Waals surface area contributed by atoms with Crippen molar-refractivity contribution in [2.45, 2.75) is 13.8 Å². The number of aromatic nitrogens is 2. The smallest absolute Gasteiger partial charge is 0.134 e. The fourth-order valence-corrected chi connectivity index (χ4v) is 1.42. The highest BCUT2D eigenvalue weighted by Gasteiger charge is 2.05. The minimum absolute atomic E-state index is 0.473. The Kier molecular flexibility index (Phi) is 3.47. The van der Waals surface area contributed by atoms with Crippen LogP contribution in [0.25, 0.3) is 0 Å². The average Bonchev–Trinajstić information content (AvgIpc) is 2.00. The molecule has 0 atom stereocenters. The Morgan fingerprint density at radius 1 is 1.57 bits per heavy atom. The molecule has 0 aromatic carbocycles. The molecule has 0 fully saturated rings. The van der Waals surface area contributed by atoms with E-state index in [1.165, 1.54) is 0 Å². The molecule has 76 valence electrons. The van der Waals surface area contributed by atoms with Gasteiger partial charge in [0.1, 0.15) is 16.8 Å². The molecule has 3 nitrogen and oxygen atoms in total. The lowest BCUT2D eigenvalue weighted by Gasteiger charge is -2.18. The molecule has 0 radical (unpaired) electrons. The van der Waals surface area contributed by atoms with Crippen LogP contribution in [-0.4, -0.2) is 23.6 Å². The number of hydrogen-bond donors (Lipinski definition) is 0. The molecule has 1 heterocycles. The standard InChI is InChI=1S/C10H14ClN3/c1-7(2)6-14(4)10-5-9(11)12-8(3)13-10/h5H,1,6H2,2-4H3. The van der Waals surface area contributed by atoms with Gasteiger partial charge in [-0.2, -0.15) is 0 Å². The highest BCUT2D eigenvalue weighted by atomic mass is 35.5. The Balaban J connectivity index is 2.89. The summed E-state index contributed by atoms with van der Waals surface area (Å²) in [7, 11) is 1.95. The zero-order valence-corrected chi connectivity index (χ0v) is 9.47. The molecule has 14 heavy (non-hydrogen) atoms. The number of likely N-dealkylation sites (N-methyl/N-ethyl adjacent to an activating group) is 1. The van der Waals surface area contributed by atoms with E-state index in [2.05, 4.69) is 16.5 Å². The van der Waals surface area contributed by atoms with E-state index in [1.807, 2.05) is 25.8 Å². The molecule has 4 heteroatoms. The van der Waals surface area contributed by atoms with E-state index in [0.717, 1.165) is 17.9 Å². The second kappa shape index (κ2) is 4.42. The van der Waals surface area contributed by atoms with Crippen LogP contribution >= 0.6 is 11.6 Å². The summed E-state index contributed by atoms with van der Waals surface area (Å²) in [6.45, 7) is 8.42. The molecule has 1 aromatic rings. The Morgan fingerprint density at radius 3 is 2.71 bits per heavy atom. The van der Waals surface area contributed by atoms with Crippen LogP contribution in [0.15, 0.2) is 18.2 Å². The lowest BCUT2D eigenvalue weighted by atomic mass is 10.3. The van der Waals surface area contributed by atoms with Crippen LogP contribution in [0, 0.1) is 6.92 Å². The summed E-state index contributed by atoms with van der Waals surface area (Å²) in [5.41, 5.74) is 1.08. The number of hydrogen-bond acceptors (Lipinski definition) is 3. The number of aryl methyl sites for hydroxylation is 1. The summed E-state index contributed by atoms with van der Waals surface area (Å²) in [5, 5.41) is 0.473. The van der Waals surface area contributed by atoms with Crippen LogP contribution in [0.2, 0.25) is 5.15 Å². The first-order valence-electron chi connectivity index (χ1n) is 4.35. The van der Waals surface area contributed by atoms with Crippen molar-refractivity contribution in [3.63, 3.8) is 0 Å². The van der Waals surface area contributed by atoms with E-state index >= 15 is 0 Å². The normalized spacial score (nSPS) is 10.0. The molecule has 1 aromatic heterocycles. The molecule has 0 aliphatic carbocycles. The highest BCUT2D eigenvalue weighted by Crippen LogP contribution is 2.15. The summed E-state index contributed by atoms with van der Waals surface area (Å²) in [6, 6.07) is 1.75. The van der Waals surface area contributed by atoms with Gasteiger partial charge in [-0.3, -0.25) is 0 Å². The largest absolute Gasteiger partial charge is 0.356 e. The number of nitrogens with zero attached hydrogens (tertiary/aromatic N) is 3. The quantitative estimate of drug-likeness (QED) is 0.568. The third-order valence-corrected chi connectivity index (χ3v) is 1.88. The zero-order valence-electron chi connectivity index (χ0n) is 8.71. The van der Waals surface area contributed by atoms with Gasteiger partial charge in [-0.1, -0.05) is 23.8 Å². The van der Waals surface area contributed by atoms with Gasteiger partial charge >= 0.3 is 0 Å². The minimum Gasteiger partial charge on any atom is -0.356 e. The number of halogens is 1. The Labute approximate surface area is 89.4 Å². The van der Waals surface area contributed by atoms with Gasteiger partial charge < -0.3 is 4.90 Å². The Morgan fingerprint density at radius 2 is 2.21 bits per heavy atom. The van der Waals surface area contributed by atoms with E-state index in [9.17, 15) is 0 Å². The number of rotatable bonds is 3. The molecule has 1 rings (SSSR count). The van der Waals surface area contributed by atoms with Gasteiger partial charge in [-0.25, -0.2) is 9.97 Å². The van der Waals surface area contributed by atoms with E-state index in [1.54, 1.807) is 6.07 Å². The van der Waals surface area contributed by atoms with Gasteiger partial charge in [0.15, 0.2) is 0 Å². The SMILES string of the molecule is C=C(C)CN(C)c1cc(Cl)nc(C)n1. The maximum Gasteiger partial charge on any atom is 0.134 e. The van der Waals surface area contributed by atoms with E-state index < -0.39 is 0 Å². The third kappa shape index (κ3) is 3.00. The topological polar surface area (TPSA) is 29.0 Å². The van der Waals surface area contributed by atoms with Gasteiger partial charge in [-0.05, 0) is 13.8 Å². The predicted molar refractivity (Wildman–Crippen MR) is 59.9 cm³/mol. The van der Waals surface area contributed by atoms with Crippen molar-refractivity contribution < 1.29 is 0 Å². The molecule has 0 amide bonds. The van der Waals surface area contributed by atoms with Gasteiger partial charge in [0.25, 0.3) is 0 Å². The maximum absolute atomic E-state index is 5.83. The predicted octanol–water partition coefficient (Wildman–Crippen LogP) is 2.45. The maximum atomic E-state index is 5.83. The van der Waals surface area contributed by atoms with E-state index in [0.29, 0.717) is 11.0 Å². The molecule has 0 aliphatic heterocycles. The minimum atomic E-state index is 0.473. The van der Waals surface area contributed by atoms with Crippen molar-refractivity contribution in [1.82, 2.24) is 9.97 Å². The Bertz CT molecular complexity index is 329. The average molecular weight is 212 g/mol. The van der Waals surface area contributed by atoms with Crippen molar-refractivity contribution in [3.05, 3.63) is 29.2 Å². The molecule has 0 saturated carbocycles. The Hall–Kier alpha value is -1.09.